The third kappa shape index (κ3) is 10.2. The molecule has 0 saturated heterocycles. The van der Waals surface area contributed by atoms with Gasteiger partial charge in [-0.2, -0.15) is 0 Å². The van der Waals surface area contributed by atoms with Gasteiger partial charge in [0.2, 0.25) is 0 Å². The Morgan fingerprint density at radius 2 is 1.08 bits per heavy atom. The average molecular weight is 423 g/mol. The van der Waals surface area contributed by atoms with E-state index in [0.29, 0.717) is 18.5 Å². The monoisotopic (exact) mass is 422 g/mol. The molecular formula is C15H35O7PS2. The molecule has 0 saturated carbocycles. The summed E-state index contributed by atoms with van der Waals surface area (Å²) in [6.45, 7) is 2.64. The van der Waals surface area contributed by atoms with Gasteiger partial charge >= 0.3 is 153 Å². The summed E-state index contributed by atoms with van der Waals surface area (Å²) in [5.41, 5.74) is 0. The Morgan fingerprint density at radius 3 is 1.36 bits per heavy atom. The molecule has 0 heterocycles. The van der Waals surface area contributed by atoms with Gasteiger partial charge in [0.1, 0.15) is 0 Å². The molecule has 0 unspecified atom stereocenters. The Balaban J connectivity index is 5.92. The van der Waals surface area contributed by atoms with Crippen LogP contribution < -0.4 is 0 Å². The van der Waals surface area contributed by atoms with Gasteiger partial charge in [-0.05, 0) is 0 Å². The van der Waals surface area contributed by atoms with Gasteiger partial charge in [0.25, 0.3) is 0 Å². The van der Waals surface area contributed by atoms with Gasteiger partial charge in [0.15, 0.2) is 0 Å². The first-order valence-corrected chi connectivity index (χ1v) is 14.9. The fourth-order valence-electron chi connectivity index (χ4n) is 3.41. The third-order valence-electron chi connectivity index (χ3n) is 4.66. The number of rotatable bonds is 15. The maximum absolute atomic E-state index is 11.7. The molecule has 0 bridgehead atoms. The predicted octanol–water partition coefficient (Wildman–Crippen LogP) is 3.95. The zero-order valence-corrected chi connectivity index (χ0v) is 18.2. The molecule has 0 fully saturated rings. The van der Waals surface area contributed by atoms with E-state index in [9.17, 15) is 21.4 Å². The summed E-state index contributed by atoms with van der Waals surface area (Å²) in [5, 5.41) is 0. The Bertz CT molecular complexity index is 562. The quantitative estimate of drug-likeness (QED) is 0.303. The summed E-state index contributed by atoms with van der Waals surface area (Å²) in [6.07, 6.45) is 6.88. The molecule has 0 aromatic heterocycles. The second kappa shape index (κ2) is 10.5. The van der Waals surface area contributed by atoms with Crippen LogP contribution in [0, 0.1) is 0 Å². The maximum atomic E-state index is 11.7. The van der Waals surface area contributed by atoms with E-state index in [1.807, 2.05) is 20.8 Å². The summed E-state index contributed by atoms with van der Waals surface area (Å²) in [4.78, 5) is 0. The van der Waals surface area contributed by atoms with Crippen molar-refractivity contribution < 1.29 is 29.9 Å². The van der Waals surface area contributed by atoms with Crippen molar-refractivity contribution in [3.8, 4) is 0 Å². The van der Waals surface area contributed by atoms with E-state index in [2.05, 4.69) is 0 Å². The SMILES string of the molecule is CCCCP(CCCC)(CCCC)(CCCS(=O)(=O)O)OS(=O)(=O)O. The summed E-state index contributed by atoms with van der Waals surface area (Å²) >= 11 is 0. The van der Waals surface area contributed by atoms with Crippen molar-refractivity contribution in [2.45, 2.75) is 65.7 Å². The molecule has 0 amide bonds. The molecule has 0 spiro atoms. The molecule has 154 valence electrons. The topological polar surface area (TPSA) is 118 Å². The second-order valence-electron chi connectivity index (χ2n) is 6.95. The Hall–Kier alpha value is 0.210. The average Bonchev–Trinajstić information content (AvgIpc) is 2.47. The third-order valence-corrected chi connectivity index (χ3v) is 13.7. The number of hydrogen-bond donors (Lipinski definition) is 2. The van der Waals surface area contributed by atoms with Gasteiger partial charge in [-0.25, -0.2) is 0 Å². The van der Waals surface area contributed by atoms with Crippen LogP contribution in [-0.4, -0.2) is 56.3 Å². The molecule has 7 nitrogen and oxygen atoms in total. The van der Waals surface area contributed by atoms with Crippen molar-refractivity contribution >= 4 is 27.3 Å². The van der Waals surface area contributed by atoms with Crippen molar-refractivity contribution in [3.63, 3.8) is 0 Å². The molecule has 25 heavy (non-hydrogen) atoms. The van der Waals surface area contributed by atoms with Crippen LogP contribution in [0.2, 0.25) is 0 Å². The van der Waals surface area contributed by atoms with Gasteiger partial charge < -0.3 is 0 Å². The van der Waals surface area contributed by atoms with E-state index in [-0.39, 0.29) is 12.6 Å². The van der Waals surface area contributed by atoms with Gasteiger partial charge in [0.05, 0.1) is 0 Å². The van der Waals surface area contributed by atoms with Crippen LogP contribution >= 0.6 is 6.83 Å². The van der Waals surface area contributed by atoms with Gasteiger partial charge in [-0.15, -0.1) is 0 Å². The minimum absolute atomic E-state index is 0.128. The molecule has 10 heteroatoms. The molecule has 0 radical (unpaired) electrons. The zero-order chi connectivity index (χ0) is 19.6. The van der Waals surface area contributed by atoms with Crippen molar-refractivity contribution in [2.24, 2.45) is 0 Å². The number of hydrogen-bond acceptors (Lipinski definition) is 5. The molecular weight excluding hydrogens is 387 g/mol. The first kappa shape index (κ1) is 25.2. The molecule has 0 aliphatic rings. The molecule has 0 aromatic carbocycles. The zero-order valence-electron chi connectivity index (χ0n) is 15.7. The summed E-state index contributed by atoms with van der Waals surface area (Å²) in [5.74, 6) is -0.426. The normalized spacial score (nSPS) is 15.0. The van der Waals surface area contributed by atoms with Crippen LogP contribution in [0.4, 0.5) is 0 Å². The molecule has 0 aliphatic heterocycles. The molecule has 2 N–H and O–H groups in total. The van der Waals surface area contributed by atoms with Crippen molar-refractivity contribution in [2.75, 3.05) is 30.4 Å². The Morgan fingerprint density at radius 1 is 0.720 bits per heavy atom. The summed E-state index contributed by atoms with van der Waals surface area (Å²) in [7, 11) is -8.78. The molecule has 0 rings (SSSR count). The van der Waals surface area contributed by atoms with E-state index in [1.54, 1.807) is 0 Å². The van der Waals surface area contributed by atoms with Crippen LogP contribution in [-0.2, 0) is 24.5 Å². The molecule has 0 atom stereocenters. The first-order chi connectivity index (χ1) is 11.4. The Kier molecular flexibility index (Phi) is 10.6. The van der Waals surface area contributed by atoms with E-state index in [1.165, 1.54) is 0 Å². The molecule has 0 aliphatic carbocycles. The molecule has 0 aromatic rings. The Labute approximate surface area is 153 Å². The predicted molar refractivity (Wildman–Crippen MR) is 105 cm³/mol. The van der Waals surface area contributed by atoms with Crippen LogP contribution in [0.15, 0.2) is 0 Å². The van der Waals surface area contributed by atoms with Crippen molar-refractivity contribution in [1.82, 2.24) is 0 Å². The van der Waals surface area contributed by atoms with Gasteiger partial charge in [-0.1, -0.05) is 0 Å². The fraction of sp³-hybridized carbons (Fsp3) is 1.00. The fourth-order valence-corrected chi connectivity index (χ4v) is 13.1. The van der Waals surface area contributed by atoms with E-state index in [4.69, 9.17) is 8.52 Å². The minimum atomic E-state index is -4.65. The summed E-state index contributed by atoms with van der Waals surface area (Å²) in [6, 6.07) is 0. The van der Waals surface area contributed by atoms with Crippen molar-refractivity contribution in [1.29, 1.82) is 0 Å². The van der Waals surface area contributed by atoms with E-state index in [0.717, 1.165) is 38.5 Å². The van der Waals surface area contributed by atoms with E-state index < -0.39 is 33.1 Å². The van der Waals surface area contributed by atoms with Crippen LogP contribution in [0.25, 0.3) is 0 Å². The van der Waals surface area contributed by atoms with Crippen LogP contribution in [0.3, 0.4) is 0 Å². The van der Waals surface area contributed by atoms with Gasteiger partial charge in [0, 0.05) is 0 Å². The van der Waals surface area contributed by atoms with E-state index >= 15 is 0 Å². The first-order valence-electron chi connectivity index (χ1n) is 9.06. The second-order valence-corrected chi connectivity index (χ2v) is 15.5. The van der Waals surface area contributed by atoms with Crippen molar-refractivity contribution in [3.05, 3.63) is 0 Å². The van der Waals surface area contributed by atoms with Crippen LogP contribution in [0.5, 0.6) is 0 Å². The van der Waals surface area contributed by atoms with Gasteiger partial charge in [-0.3, -0.25) is 0 Å². The standard InChI is InChI=1S/C15H35O7PS2/c1-4-7-11-23(12-8-5-2,13-9-6-3,22-25(19,20)21)14-10-15-24(16,17)18/h4-15H2,1-3H3,(H,16,17,18)(H,19,20,21). The number of unbranched alkanes of at least 4 members (excludes halogenated alkanes) is 3. The van der Waals surface area contributed by atoms with Crippen LogP contribution in [0.1, 0.15) is 65.7 Å². The summed E-state index contributed by atoms with van der Waals surface area (Å²) < 4.78 is 69.7.